The molecule has 0 aliphatic rings. The number of aryl methyl sites for hydroxylation is 1. The Morgan fingerprint density at radius 2 is 2.00 bits per heavy atom. The average Bonchev–Trinajstić information content (AvgIpc) is 3.06. The van der Waals surface area contributed by atoms with E-state index in [1.54, 1.807) is 32.0 Å². The number of ether oxygens (including phenoxy) is 1. The number of aromatic nitrogens is 2. The van der Waals surface area contributed by atoms with Crippen molar-refractivity contribution in [3.8, 4) is 11.3 Å². The zero-order valence-electron chi connectivity index (χ0n) is 15.6. The van der Waals surface area contributed by atoms with Gasteiger partial charge in [0.25, 0.3) is 11.6 Å². The Morgan fingerprint density at radius 1 is 1.25 bits per heavy atom. The van der Waals surface area contributed by atoms with Crippen molar-refractivity contribution < 1.29 is 23.2 Å². The number of carbonyl (C=O) groups excluding carboxylic acids is 2. The predicted molar refractivity (Wildman–Crippen MR) is 100 cm³/mol. The van der Waals surface area contributed by atoms with Gasteiger partial charge in [0.1, 0.15) is 5.82 Å². The standard InChI is InChI=1S/C20H20FN3O4/c1-3-27-17(25)5-4-10-22-19(26)15-11-16(13-6-8-14(21)9-7-13)23-20-18(15)12(2)24-28-20/h6-9,11H,3-5,10H2,1-2H3,(H,22,26). The summed E-state index contributed by atoms with van der Waals surface area (Å²) in [5.41, 5.74) is 2.26. The van der Waals surface area contributed by atoms with E-state index in [9.17, 15) is 14.0 Å². The summed E-state index contributed by atoms with van der Waals surface area (Å²) in [6.45, 7) is 4.12. The molecule has 1 aromatic carbocycles. The summed E-state index contributed by atoms with van der Waals surface area (Å²) in [4.78, 5) is 28.5. The fraction of sp³-hybridized carbons (Fsp3) is 0.300. The van der Waals surface area contributed by atoms with Crippen molar-refractivity contribution in [3.63, 3.8) is 0 Å². The highest BCUT2D eigenvalue weighted by molar-refractivity contribution is 6.07. The highest BCUT2D eigenvalue weighted by atomic mass is 19.1. The van der Waals surface area contributed by atoms with Gasteiger partial charge in [-0.25, -0.2) is 9.37 Å². The van der Waals surface area contributed by atoms with Gasteiger partial charge >= 0.3 is 5.97 Å². The van der Waals surface area contributed by atoms with E-state index < -0.39 is 0 Å². The minimum absolute atomic E-state index is 0.229. The second-order valence-corrected chi connectivity index (χ2v) is 6.17. The maximum absolute atomic E-state index is 13.2. The van der Waals surface area contributed by atoms with Gasteiger partial charge in [-0.2, -0.15) is 0 Å². The second-order valence-electron chi connectivity index (χ2n) is 6.17. The van der Waals surface area contributed by atoms with E-state index in [-0.39, 0.29) is 29.8 Å². The lowest BCUT2D eigenvalue weighted by Gasteiger charge is -2.08. The van der Waals surface area contributed by atoms with Gasteiger partial charge in [-0.05, 0) is 50.6 Å². The smallest absolute Gasteiger partial charge is 0.305 e. The molecule has 0 radical (unpaired) electrons. The molecule has 28 heavy (non-hydrogen) atoms. The first-order valence-electron chi connectivity index (χ1n) is 8.96. The molecule has 2 aromatic heterocycles. The molecule has 1 N–H and O–H groups in total. The molecular weight excluding hydrogens is 365 g/mol. The summed E-state index contributed by atoms with van der Waals surface area (Å²) in [6.07, 6.45) is 0.694. The van der Waals surface area contributed by atoms with Gasteiger partial charge in [0, 0.05) is 18.5 Å². The van der Waals surface area contributed by atoms with Gasteiger partial charge in [0.05, 0.1) is 28.9 Å². The fourth-order valence-corrected chi connectivity index (χ4v) is 2.81. The number of carbonyl (C=O) groups is 2. The number of rotatable bonds is 7. The fourth-order valence-electron chi connectivity index (χ4n) is 2.81. The molecule has 3 rings (SSSR count). The van der Waals surface area contributed by atoms with Crippen LogP contribution in [0.4, 0.5) is 4.39 Å². The molecule has 0 saturated heterocycles. The van der Waals surface area contributed by atoms with Gasteiger partial charge in [-0.1, -0.05) is 5.16 Å². The van der Waals surface area contributed by atoms with Crippen molar-refractivity contribution in [1.82, 2.24) is 15.5 Å². The summed E-state index contributed by atoms with van der Waals surface area (Å²) in [5.74, 6) is -0.984. The van der Waals surface area contributed by atoms with Crippen LogP contribution in [0.15, 0.2) is 34.9 Å². The molecule has 0 fully saturated rings. The van der Waals surface area contributed by atoms with Gasteiger partial charge < -0.3 is 14.6 Å². The van der Waals surface area contributed by atoms with Crippen LogP contribution >= 0.6 is 0 Å². The summed E-state index contributed by atoms with van der Waals surface area (Å²) < 4.78 is 23.3. The Morgan fingerprint density at radius 3 is 2.71 bits per heavy atom. The lowest BCUT2D eigenvalue weighted by molar-refractivity contribution is -0.143. The van der Waals surface area contributed by atoms with Crippen LogP contribution in [-0.2, 0) is 9.53 Å². The summed E-state index contributed by atoms with van der Waals surface area (Å²) in [6, 6.07) is 7.42. The molecule has 8 heteroatoms. The predicted octanol–water partition coefficient (Wildman–Crippen LogP) is 3.41. The number of hydrogen-bond donors (Lipinski definition) is 1. The molecular formula is C20H20FN3O4. The zero-order valence-corrected chi connectivity index (χ0v) is 15.6. The number of hydrogen-bond acceptors (Lipinski definition) is 6. The van der Waals surface area contributed by atoms with E-state index in [0.717, 1.165) is 0 Å². The summed E-state index contributed by atoms with van der Waals surface area (Å²) in [7, 11) is 0. The minimum atomic E-state index is -0.361. The van der Waals surface area contributed by atoms with Crippen LogP contribution < -0.4 is 5.32 Å². The number of nitrogens with one attached hydrogen (secondary N) is 1. The average molecular weight is 385 g/mol. The van der Waals surface area contributed by atoms with E-state index in [4.69, 9.17) is 9.26 Å². The highest BCUT2D eigenvalue weighted by Crippen LogP contribution is 2.27. The molecule has 0 aliphatic carbocycles. The highest BCUT2D eigenvalue weighted by Gasteiger charge is 2.19. The zero-order chi connectivity index (χ0) is 20.1. The van der Waals surface area contributed by atoms with Gasteiger partial charge in [0.15, 0.2) is 0 Å². The van der Waals surface area contributed by atoms with Crippen LogP contribution in [0.2, 0.25) is 0 Å². The monoisotopic (exact) mass is 385 g/mol. The van der Waals surface area contributed by atoms with Crippen LogP contribution in [-0.4, -0.2) is 35.2 Å². The van der Waals surface area contributed by atoms with Gasteiger partial charge in [-0.3, -0.25) is 9.59 Å². The van der Waals surface area contributed by atoms with Crippen molar-refractivity contribution in [2.45, 2.75) is 26.7 Å². The molecule has 0 atom stereocenters. The number of amides is 1. The molecule has 3 aromatic rings. The molecule has 0 aliphatic heterocycles. The van der Waals surface area contributed by atoms with Crippen molar-refractivity contribution >= 4 is 23.0 Å². The Kier molecular flexibility index (Phi) is 5.98. The van der Waals surface area contributed by atoms with Crippen LogP contribution in [0.1, 0.15) is 35.8 Å². The molecule has 0 saturated carbocycles. The van der Waals surface area contributed by atoms with Crippen molar-refractivity contribution in [2.75, 3.05) is 13.2 Å². The Bertz CT molecular complexity index is 999. The molecule has 7 nitrogen and oxygen atoms in total. The molecule has 146 valence electrons. The van der Waals surface area contributed by atoms with E-state index in [0.29, 0.717) is 47.5 Å². The summed E-state index contributed by atoms with van der Waals surface area (Å²) >= 11 is 0. The van der Waals surface area contributed by atoms with Gasteiger partial charge in [0.2, 0.25) is 0 Å². The Balaban J connectivity index is 1.82. The van der Waals surface area contributed by atoms with Crippen molar-refractivity contribution in [1.29, 1.82) is 0 Å². The second kappa shape index (κ2) is 8.60. The molecule has 2 heterocycles. The third-order valence-electron chi connectivity index (χ3n) is 4.15. The first kappa shape index (κ1) is 19.5. The number of pyridine rings is 1. The first-order valence-corrected chi connectivity index (χ1v) is 8.96. The summed E-state index contributed by atoms with van der Waals surface area (Å²) in [5, 5.41) is 7.20. The SMILES string of the molecule is CCOC(=O)CCCNC(=O)c1cc(-c2ccc(F)cc2)nc2onc(C)c12. The third kappa shape index (κ3) is 4.33. The molecule has 0 bridgehead atoms. The first-order chi connectivity index (χ1) is 13.5. The van der Waals surface area contributed by atoms with Crippen LogP contribution in [0.5, 0.6) is 0 Å². The quantitative estimate of drug-likeness (QED) is 0.495. The van der Waals surface area contributed by atoms with E-state index in [2.05, 4.69) is 15.5 Å². The van der Waals surface area contributed by atoms with Crippen molar-refractivity contribution in [3.05, 3.63) is 47.4 Å². The largest absolute Gasteiger partial charge is 0.466 e. The number of halogens is 1. The Labute approximate surface area is 160 Å². The topological polar surface area (TPSA) is 94.3 Å². The van der Waals surface area contributed by atoms with E-state index in [1.165, 1.54) is 12.1 Å². The maximum Gasteiger partial charge on any atom is 0.305 e. The van der Waals surface area contributed by atoms with E-state index in [1.807, 2.05) is 0 Å². The number of nitrogens with zero attached hydrogens (tertiary/aromatic N) is 2. The third-order valence-corrected chi connectivity index (χ3v) is 4.15. The number of fused-ring (bicyclic) bond motifs is 1. The van der Waals surface area contributed by atoms with E-state index >= 15 is 0 Å². The maximum atomic E-state index is 13.2. The van der Waals surface area contributed by atoms with Crippen molar-refractivity contribution in [2.24, 2.45) is 0 Å². The van der Waals surface area contributed by atoms with Crippen LogP contribution in [0, 0.1) is 12.7 Å². The Hall–Kier alpha value is -3.29. The molecule has 0 spiro atoms. The van der Waals surface area contributed by atoms with Crippen LogP contribution in [0.3, 0.4) is 0 Å². The lowest BCUT2D eigenvalue weighted by Crippen LogP contribution is -2.25. The molecule has 0 unspecified atom stereocenters. The molecule has 1 amide bonds. The minimum Gasteiger partial charge on any atom is -0.466 e. The van der Waals surface area contributed by atoms with Gasteiger partial charge in [-0.15, -0.1) is 0 Å². The lowest BCUT2D eigenvalue weighted by atomic mass is 10.0. The normalized spacial score (nSPS) is 10.8. The number of esters is 1. The number of benzene rings is 1. The van der Waals surface area contributed by atoms with Crippen LogP contribution in [0.25, 0.3) is 22.4 Å².